The van der Waals surface area contributed by atoms with E-state index in [9.17, 15) is 26.8 Å². The normalized spacial score (nSPS) is 12.2. The van der Waals surface area contributed by atoms with Gasteiger partial charge in [0.1, 0.15) is 24.2 Å². The number of carbonyl (C=O) groups is 2. The van der Waals surface area contributed by atoms with Crippen molar-refractivity contribution in [2.45, 2.75) is 38.3 Å². The Morgan fingerprint density at radius 1 is 0.842 bits per heavy atom. The minimum Gasteiger partial charge on any atom is -0.354 e. The molecule has 1 atom stereocenters. The molecule has 0 spiro atoms. The molecule has 10 heteroatoms. The number of rotatable bonds is 11. The standard InChI is InChI=1S/C28H31F2N3O4S/c1-20(2)17-31-28(35)21(3)32(18-22-9-11-23(29)12-10-22)27(34)19-33(25-15-13-24(30)14-16-25)38(36,37)26-7-5-4-6-8-26/h4-16,20-21H,17-19H2,1-3H3,(H,31,35)/t21-/m0/s1. The highest BCUT2D eigenvalue weighted by atomic mass is 32.2. The van der Waals surface area contributed by atoms with Gasteiger partial charge in [-0.1, -0.05) is 44.2 Å². The zero-order valence-corrected chi connectivity index (χ0v) is 22.3. The van der Waals surface area contributed by atoms with Crippen LogP contribution in [0.2, 0.25) is 0 Å². The van der Waals surface area contributed by atoms with E-state index in [0.717, 1.165) is 16.4 Å². The third-order valence-electron chi connectivity index (χ3n) is 5.84. The molecule has 1 N–H and O–H groups in total. The number of anilines is 1. The number of amides is 2. The number of hydrogen-bond acceptors (Lipinski definition) is 4. The van der Waals surface area contributed by atoms with Crippen molar-refractivity contribution in [2.75, 3.05) is 17.4 Å². The average molecular weight is 544 g/mol. The van der Waals surface area contributed by atoms with Gasteiger partial charge in [-0.05, 0) is 66.9 Å². The molecular formula is C28H31F2N3O4S. The van der Waals surface area contributed by atoms with Gasteiger partial charge >= 0.3 is 0 Å². The molecule has 0 heterocycles. The number of hydrogen-bond donors (Lipinski definition) is 1. The van der Waals surface area contributed by atoms with Crippen LogP contribution in [-0.2, 0) is 26.2 Å². The fraction of sp³-hybridized carbons (Fsp3) is 0.286. The first-order valence-corrected chi connectivity index (χ1v) is 13.6. The number of carbonyl (C=O) groups excluding carboxylic acids is 2. The van der Waals surface area contributed by atoms with Crippen LogP contribution >= 0.6 is 0 Å². The van der Waals surface area contributed by atoms with E-state index in [1.54, 1.807) is 25.1 Å². The zero-order valence-electron chi connectivity index (χ0n) is 21.5. The molecule has 0 fully saturated rings. The molecule has 0 bridgehead atoms. The summed E-state index contributed by atoms with van der Waals surface area (Å²) in [6.45, 7) is 5.10. The van der Waals surface area contributed by atoms with E-state index in [-0.39, 0.29) is 23.0 Å². The molecule has 0 radical (unpaired) electrons. The third kappa shape index (κ3) is 7.38. The van der Waals surface area contributed by atoms with Gasteiger partial charge in [0.05, 0.1) is 10.6 Å². The van der Waals surface area contributed by atoms with Gasteiger partial charge in [0.2, 0.25) is 11.8 Å². The Kier molecular flexibility index (Phi) is 9.57. The molecule has 3 aromatic carbocycles. The minimum absolute atomic E-state index is 0.0510. The predicted octanol–water partition coefficient (Wildman–Crippen LogP) is 4.35. The maximum absolute atomic E-state index is 13.7. The van der Waals surface area contributed by atoms with Crippen LogP contribution < -0.4 is 9.62 Å². The molecule has 0 aliphatic heterocycles. The van der Waals surface area contributed by atoms with Crippen molar-refractivity contribution >= 4 is 27.5 Å². The van der Waals surface area contributed by atoms with E-state index in [4.69, 9.17) is 0 Å². The summed E-state index contributed by atoms with van der Waals surface area (Å²) in [5, 5.41) is 2.79. The largest absolute Gasteiger partial charge is 0.354 e. The topological polar surface area (TPSA) is 86.8 Å². The van der Waals surface area contributed by atoms with Crippen LogP contribution in [0.25, 0.3) is 0 Å². The van der Waals surface area contributed by atoms with Crippen molar-refractivity contribution in [2.24, 2.45) is 5.92 Å². The van der Waals surface area contributed by atoms with Gasteiger partial charge in [0, 0.05) is 13.1 Å². The molecule has 38 heavy (non-hydrogen) atoms. The monoisotopic (exact) mass is 543 g/mol. The predicted molar refractivity (Wildman–Crippen MR) is 142 cm³/mol. The van der Waals surface area contributed by atoms with Gasteiger partial charge in [-0.2, -0.15) is 0 Å². The van der Waals surface area contributed by atoms with Crippen molar-refractivity contribution < 1.29 is 26.8 Å². The van der Waals surface area contributed by atoms with Crippen molar-refractivity contribution in [3.63, 3.8) is 0 Å². The number of nitrogens with one attached hydrogen (secondary N) is 1. The van der Waals surface area contributed by atoms with Crippen LogP contribution in [0.4, 0.5) is 14.5 Å². The summed E-state index contributed by atoms with van der Waals surface area (Å²) < 4.78 is 55.2. The van der Waals surface area contributed by atoms with Gasteiger partial charge in [-0.15, -0.1) is 0 Å². The van der Waals surface area contributed by atoms with Crippen molar-refractivity contribution in [3.8, 4) is 0 Å². The molecule has 3 aromatic rings. The Hall–Kier alpha value is -3.79. The highest BCUT2D eigenvalue weighted by Crippen LogP contribution is 2.25. The van der Waals surface area contributed by atoms with Gasteiger partial charge in [0.15, 0.2) is 0 Å². The summed E-state index contributed by atoms with van der Waals surface area (Å²) in [6.07, 6.45) is 0. The molecule has 202 valence electrons. The molecule has 0 saturated heterocycles. The number of nitrogens with zero attached hydrogens (tertiary/aromatic N) is 2. The second-order valence-electron chi connectivity index (χ2n) is 9.26. The molecule has 2 amide bonds. The van der Waals surface area contributed by atoms with Crippen LogP contribution in [0.15, 0.2) is 83.8 Å². The first-order chi connectivity index (χ1) is 18.0. The molecular weight excluding hydrogens is 512 g/mol. The maximum atomic E-state index is 13.7. The average Bonchev–Trinajstić information content (AvgIpc) is 2.90. The van der Waals surface area contributed by atoms with Crippen LogP contribution in [0.3, 0.4) is 0 Å². The van der Waals surface area contributed by atoms with Crippen molar-refractivity contribution in [1.29, 1.82) is 0 Å². The quantitative estimate of drug-likeness (QED) is 0.390. The number of halogens is 2. The molecule has 0 unspecified atom stereocenters. The summed E-state index contributed by atoms with van der Waals surface area (Å²) in [7, 11) is -4.23. The van der Waals surface area contributed by atoms with Crippen molar-refractivity contribution in [1.82, 2.24) is 10.2 Å². The third-order valence-corrected chi connectivity index (χ3v) is 7.63. The smallest absolute Gasteiger partial charge is 0.264 e. The first-order valence-electron chi connectivity index (χ1n) is 12.1. The first kappa shape index (κ1) is 28.8. The van der Waals surface area contributed by atoms with Gasteiger partial charge < -0.3 is 10.2 Å². The van der Waals surface area contributed by atoms with Gasteiger partial charge in [-0.3, -0.25) is 13.9 Å². The van der Waals surface area contributed by atoms with Crippen LogP contribution in [0.5, 0.6) is 0 Å². The van der Waals surface area contributed by atoms with Crippen LogP contribution in [0.1, 0.15) is 26.3 Å². The fourth-order valence-corrected chi connectivity index (χ4v) is 5.11. The molecule has 7 nitrogen and oxygen atoms in total. The molecule has 3 rings (SSSR count). The molecule has 0 saturated carbocycles. The van der Waals surface area contributed by atoms with E-state index in [1.807, 2.05) is 13.8 Å². The minimum atomic E-state index is -4.23. The Labute approximate surface area is 222 Å². The maximum Gasteiger partial charge on any atom is 0.264 e. The van der Waals surface area contributed by atoms with E-state index in [0.29, 0.717) is 12.1 Å². The number of sulfonamides is 1. The summed E-state index contributed by atoms with van der Waals surface area (Å²) in [5.74, 6) is -1.91. The Bertz CT molecular complexity index is 1330. The second-order valence-corrected chi connectivity index (χ2v) is 11.1. The molecule has 0 aliphatic rings. The lowest BCUT2D eigenvalue weighted by Crippen LogP contribution is -2.51. The van der Waals surface area contributed by atoms with Gasteiger partial charge in [-0.25, -0.2) is 17.2 Å². The Morgan fingerprint density at radius 3 is 1.95 bits per heavy atom. The lowest BCUT2D eigenvalue weighted by molar-refractivity contribution is -0.139. The highest BCUT2D eigenvalue weighted by Gasteiger charge is 2.32. The summed E-state index contributed by atoms with van der Waals surface area (Å²) in [6, 6.07) is 16.8. The molecule has 0 aromatic heterocycles. The fourth-order valence-electron chi connectivity index (χ4n) is 3.68. The van der Waals surface area contributed by atoms with Gasteiger partial charge in [0.25, 0.3) is 10.0 Å². The van der Waals surface area contributed by atoms with Crippen LogP contribution in [-0.4, -0.2) is 44.3 Å². The van der Waals surface area contributed by atoms with E-state index in [1.165, 1.54) is 53.4 Å². The Balaban J connectivity index is 1.98. The van der Waals surface area contributed by atoms with Crippen LogP contribution in [0, 0.1) is 17.6 Å². The van der Waals surface area contributed by atoms with E-state index in [2.05, 4.69) is 5.32 Å². The lowest BCUT2D eigenvalue weighted by atomic mass is 10.1. The Morgan fingerprint density at radius 2 is 1.39 bits per heavy atom. The summed E-state index contributed by atoms with van der Waals surface area (Å²) in [5.41, 5.74) is 0.643. The summed E-state index contributed by atoms with van der Waals surface area (Å²) in [4.78, 5) is 27.8. The highest BCUT2D eigenvalue weighted by molar-refractivity contribution is 7.92. The SMILES string of the molecule is CC(C)CNC(=O)[C@H](C)N(Cc1ccc(F)cc1)C(=O)CN(c1ccc(F)cc1)S(=O)(=O)c1ccccc1. The number of benzene rings is 3. The van der Waals surface area contributed by atoms with E-state index >= 15 is 0 Å². The second kappa shape index (κ2) is 12.6. The zero-order chi connectivity index (χ0) is 27.9. The van der Waals surface area contributed by atoms with E-state index < -0.39 is 46.1 Å². The molecule has 0 aliphatic carbocycles. The van der Waals surface area contributed by atoms with Crippen molar-refractivity contribution in [3.05, 3.63) is 96.1 Å². The lowest BCUT2D eigenvalue weighted by Gasteiger charge is -2.32. The summed E-state index contributed by atoms with van der Waals surface area (Å²) >= 11 is 0.